The zero-order valence-electron chi connectivity index (χ0n) is 16.2. The molecule has 5 nitrogen and oxygen atoms in total. The second kappa shape index (κ2) is 9.43. The minimum Gasteiger partial charge on any atom is -0.459 e. The van der Waals surface area contributed by atoms with Crippen LogP contribution in [0.15, 0.2) is 53.9 Å². The fraction of sp³-hybridized carbons (Fsp3) is 0.227. The van der Waals surface area contributed by atoms with E-state index in [1.807, 2.05) is 24.3 Å². The molecular formula is C22H21FN2O3S. The molecule has 1 heterocycles. The molecule has 0 unspecified atom stereocenters. The van der Waals surface area contributed by atoms with Crippen LogP contribution in [0.3, 0.4) is 0 Å². The Labute approximate surface area is 172 Å². The van der Waals surface area contributed by atoms with Crippen LogP contribution >= 0.6 is 11.3 Å². The average molecular weight is 412 g/mol. The minimum absolute atomic E-state index is 0.0110. The van der Waals surface area contributed by atoms with Crippen molar-refractivity contribution in [3.63, 3.8) is 0 Å². The molecule has 2 aromatic carbocycles. The fourth-order valence-corrected chi connectivity index (χ4v) is 3.62. The van der Waals surface area contributed by atoms with Gasteiger partial charge >= 0.3 is 5.97 Å². The minimum atomic E-state index is -0.426. The summed E-state index contributed by atoms with van der Waals surface area (Å²) in [5, 5.41) is 2.28. The van der Waals surface area contributed by atoms with Gasteiger partial charge in [0.1, 0.15) is 12.4 Å². The lowest BCUT2D eigenvalue weighted by atomic mass is 10.1. The number of esters is 1. The van der Waals surface area contributed by atoms with E-state index in [0.717, 1.165) is 12.1 Å². The summed E-state index contributed by atoms with van der Waals surface area (Å²) in [7, 11) is 0. The number of hydrogen-bond acceptors (Lipinski definition) is 5. The fourth-order valence-electron chi connectivity index (χ4n) is 2.75. The number of ether oxygens (including phenoxy) is 1. The van der Waals surface area contributed by atoms with Gasteiger partial charge in [-0.15, -0.1) is 11.3 Å². The molecule has 0 saturated carbocycles. The molecule has 0 spiro atoms. The van der Waals surface area contributed by atoms with Crippen molar-refractivity contribution < 1.29 is 18.7 Å². The van der Waals surface area contributed by atoms with E-state index in [1.54, 1.807) is 17.5 Å². The first kappa shape index (κ1) is 20.7. The molecule has 0 bridgehead atoms. The number of carbonyl (C=O) groups excluding carboxylic acids is 2. The quantitative estimate of drug-likeness (QED) is 0.522. The average Bonchev–Trinajstić information content (AvgIpc) is 3.17. The number of amides is 1. The summed E-state index contributed by atoms with van der Waals surface area (Å²) in [6, 6.07) is 13.5. The topological polar surface area (TPSA) is 59.5 Å². The lowest BCUT2D eigenvalue weighted by molar-refractivity contribution is -0.144. The standard InChI is InChI=1S/C22H21FN2O3S/c1-3-16-6-10-20(11-7-16)25(15(2)26)22-24-19(14-29-22)13-28-21(27)12-17-4-8-18(23)9-5-17/h4-11,14H,3,12-13H2,1-2H3. The zero-order valence-corrected chi connectivity index (χ0v) is 17.0. The molecule has 1 amide bonds. The van der Waals surface area contributed by atoms with E-state index in [0.29, 0.717) is 16.4 Å². The molecule has 0 saturated heterocycles. The van der Waals surface area contributed by atoms with Gasteiger partial charge in [-0.3, -0.25) is 14.5 Å². The van der Waals surface area contributed by atoms with Crippen molar-refractivity contribution in [2.24, 2.45) is 0 Å². The Balaban J connectivity index is 1.64. The highest BCUT2D eigenvalue weighted by atomic mass is 32.1. The molecule has 29 heavy (non-hydrogen) atoms. The van der Waals surface area contributed by atoms with Gasteiger partial charge in [0.15, 0.2) is 5.13 Å². The Morgan fingerprint density at radius 1 is 1.07 bits per heavy atom. The Morgan fingerprint density at radius 2 is 1.72 bits per heavy atom. The summed E-state index contributed by atoms with van der Waals surface area (Å²) in [5.74, 6) is -0.926. The smallest absolute Gasteiger partial charge is 0.310 e. The van der Waals surface area contributed by atoms with Crippen molar-refractivity contribution in [1.82, 2.24) is 4.98 Å². The Hall–Kier alpha value is -3.06. The first-order chi connectivity index (χ1) is 14.0. The third kappa shape index (κ3) is 5.48. The molecule has 0 N–H and O–H groups in total. The van der Waals surface area contributed by atoms with E-state index in [1.165, 1.54) is 40.9 Å². The molecule has 0 aliphatic rings. The van der Waals surface area contributed by atoms with Gasteiger partial charge in [-0.1, -0.05) is 31.2 Å². The van der Waals surface area contributed by atoms with Gasteiger partial charge in [0.25, 0.3) is 0 Å². The molecule has 0 fully saturated rings. The maximum Gasteiger partial charge on any atom is 0.310 e. The highest BCUT2D eigenvalue weighted by molar-refractivity contribution is 7.14. The molecule has 7 heteroatoms. The van der Waals surface area contributed by atoms with Gasteiger partial charge in [-0.05, 0) is 41.8 Å². The van der Waals surface area contributed by atoms with E-state index in [2.05, 4.69) is 11.9 Å². The van der Waals surface area contributed by atoms with Gasteiger partial charge in [-0.25, -0.2) is 9.37 Å². The lowest BCUT2D eigenvalue weighted by Crippen LogP contribution is -2.22. The number of aryl methyl sites for hydroxylation is 1. The molecule has 0 radical (unpaired) electrons. The molecule has 0 aliphatic carbocycles. The highest BCUT2D eigenvalue weighted by Crippen LogP contribution is 2.29. The Kier molecular flexibility index (Phi) is 6.72. The van der Waals surface area contributed by atoms with Crippen LogP contribution in [0.25, 0.3) is 0 Å². The first-order valence-electron chi connectivity index (χ1n) is 9.20. The van der Waals surface area contributed by atoms with Crippen molar-refractivity contribution in [3.05, 3.63) is 76.5 Å². The number of anilines is 2. The van der Waals surface area contributed by atoms with Crippen molar-refractivity contribution in [1.29, 1.82) is 0 Å². The zero-order chi connectivity index (χ0) is 20.8. The summed E-state index contributed by atoms with van der Waals surface area (Å²) in [4.78, 5) is 30.2. The summed E-state index contributed by atoms with van der Waals surface area (Å²) in [5.41, 5.74) is 3.16. The van der Waals surface area contributed by atoms with E-state index in [9.17, 15) is 14.0 Å². The maximum absolute atomic E-state index is 12.9. The molecule has 3 rings (SSSR count). The third-order valence-corrected chi connectivity index (χ3v) is 5.17. The van der Waals surface area contributed by atoms with Crippen LogP contribution in [0, 0.1) is 5.82 Å². The molecule has 0 atom stereocenters. The summed E-state index contributed by atoms with van der Waals surface area (Å²) >= 11 is 1.31. The molecule has 0 aliphatic heterocycles. The van der Waals surface area contributed by atoms with Gasteiger partial charge in [0.2, 0.25) is 5.91 Å². The summed E-state index contributed by atoms with van der Waals surface area (Å²) in [6.45, 7) is 3.57. The van der Waals surface area contributed by atoms with Crippen molar-refractivity contribution in [2.75, 3.05) is 4.90 Å². The predicted octanol–water partition coefficient (Wildman–Crippen LogP) is 4.82. The van der Waals surface area contributed by atoms with E-state index >= 15 is 0 Å². The summed E-state index contributed by atoms with van der Waals surface area (Å²) < 4.78 is 18.2. The summed E-state index contributed by atoms with van der Waals surface area (Å²) in [6.07, 6.45) is 0.978. The van der Waals surface area contributed by atoms with Crippen LogP contribution in [0.4, 0.5) is 15.2 Å². The van der Waals surface area contributed by atoms with E-state index in [-0.39, 0.29) is 24.8 Å². The number of hydrogen-bond donors (Lipinski definition) is 0. The predicted molar refractivity (Wildman–Crippen MR) is 111 cm³/mol. The van der Waals surface area contributed by atoms with Gasteiger partial charge < -0.3 is 4.74 Å². The van der Waals surface area contributed by atoms with E-state index < -0.39 is 5.97 Å². The van der Waals surface area contributed by atoms with Crippen molar-refractivity contribution in [2.45, 2.75) is 33.3 Å². The van der Waals surface area contributed by atoms with Crippen molar-refractivity contribution >= 4 is 34.0 Å². The van der Waals surface area contributed by atoms with Crippen LogP contribution in [0.2, 0.25) is 0 Å². The Morgan fingerprint density at radius 3 is 2.34 bits per heavy atom. The van der Waals surface area contributed by atoms with Crippen LogP contribution in [-0.4, -0.2) is 16.9 Å². The van der Waals surface area contributed by atoms with Gasteiger partial charge in [0, 0.05) is 12.3 Å². The molecular weight excluding hydrogens is 391 g/mol. The number of benzene rings is 2. The second-order valence-electron chi connectivity index (χ2n) is 6.46. The Bertz CT molecular complexity index is 984. The highest BCUT2D eigenvalue weighted by Gasteiger charge is 2.18. The number of carbonyl (C=O) groups is 2. The second-order valence-corrected chi connectivity index (χ2v) is 7.30. The van der Waals surface area contributed by atoms with Crippen LogP contribution in [0.5, 0.6) is 0 Å². The van der Waals surface area contributed by atoms with Gasteiger partial charge in [-0.2, -0.15) is 0 Å². The number of rotatable bonds is 7. The molecule has 150 valence electrons. The van der Waals surface area contributed by atoms with Crippen LogP contribution < -0.4 is 4.90 Å². The monoisotopic (exact) mass is 412 g/mol. The van der Waals surface area contributed by atoms with Crippen molar-refractivity contribution in [3.8, 4) is 0 Å². The third-order valence-electron chi connectivity index (χ3n) is 4.29. The molecule has 3 aromatic rings. The maximum atomic E-state index is 12.9. The van der Waals surface area contributed by atoms with E-state index in [4.69, 9.17) is 4.74 Å². The van der Waals surface area contributed by atoms with Gasteiger partial charge in [0.05, 0.1) is 17.8 Å². The normalized spacial score (nSPS) is 10.6. The number of aromatic nitrogens is 1. The lowest BCUT2D eigenvalue weighted by Gasteiger charge is -2.18. The molecule has 1 aromatic heterocycles. The number of nitrogens with zero attached hydrogens (tertiary/aromatic N) is 2. The van der Waals surface area contributed by atoms with Crippen LogP contribution in [-0.2, 0) is 33.8 Å². The largest absolute Gasteiger partial charge is 0.459 e. The van der Waals surface area contributed by atoms with Crippen LogP contribution in [0.1, 0.15) is 30.7 Å². The number of halogens is 1. The number of thiazole rings is 1. The first-order valence-corrected chi connectivity index (χ1v) is 10.1. The SMILES string of the molecule is CCc1ccc(N(C(C)=O)c2nc(COC(=O)Cc3ccc(F)cc3)cs2)cc1.